The first-order chi connectivity index (χ1) is 8.22. The van der Waals surface area contributed by atoms with Gasteiger partial charge >= 0.3 is 0 Å². The predicted molar refractivity (Wildman–Crippen MR) is 69.7 cm³/mol. The number of nitrogens with two attached hydrogens (primary N) is 1. The maximum absolute atomic E-state index is 5.75. The lowest BCUT2D eigenvalue weighted by molar-refractivity contribution is 0.335. The van der Waals surface area contributed by atoms with Crippen LogP contribution in [0.5, 0.6) is 0 Å². The molecule has 1 fully saturated rings. The zero-order valence-corrected chi connectivity index (χ0v) is 10.8. The molecule has 1 saturated carbocycles. The topological polar surface area (TPSA) is 55.0 Å². The van der Waals surface area contributed by atoms with Gasteiger partial charge in [0.1, 0.15) is 0 Å². The number of anilines is 1. The van der Waals surface area contributed by atoms with Gasteiger partial charge in [0.25, 0.3) is 0 Å². The first kappa shape index (κ1) is 12.3. The molecule has 2 N–H and O–H groups in total. The SMILES string of the molecule is CC1CCCC(N(C)c2nnccc2CN)C1. The van der Waals surface area contributed by atoms with Crippen LogP contribution in [-0.4, -0.2) is 23.3 Å². The van der Waals surface area contributed by atoms with Gasteiger partial charge in [-0.05, 0) is 24.8 Å². The zero-order valence-electron chi connectivity index (χ0n) is 10.8. The van der Waals surface area contributed by atoms with Crippen LogP contribution < -0.4 is 10.6 Å². The van der Waals surface area contributed by atoms with E-state index in [2.05, 4.69) is 29.1 Å². The predicted octanol–water partition coefficient (Wildman–Crippen LogP) is 1.95. The Morgan fingerprint density at radius 3 is 3.00 bits per heavy atom. The molecule has 2 unspecified atom stereocenters. The van der Waals surface area contributed by atoms with Gasteiger partial charge in [-0.2, -0.15) is 5.10 Å². The van der Waals surface area contributed by atoms with E-state index in [1.807, 2.05) is 6.07 Å². The molecule has 2 rings (SSSR count). The molecule has 1 aliphatic rings. The second kappa shape index (κ2) is 5.45. The first-order valence-electron chi connectivity index (χ1n) is 6.45. The van der Waals surface area contributed by atoms with E-state index in [1.165, 1.54) is 25.7 Å². The number of hydrogen-bond donors (Lipinski definition) is 1. The standard InChI is InChI=1S/C13H22N4/c1-10-4-3-5-12(8-10)17(2)13-11(9-14)6-7-15-16-13/h6-7,10,12H,3-5,8-9,14H2,1-2H3. The second-order valence-corrected chi connectivity index (χ2v) is 5.12. The highest BCUT2D eigenvalue weighted by Crippen LogP contribution is 2.29. The molecule has 1 heterocycles. The van der Waals surface area contributed by atoms with E-state index in [1.54, 1.807) is 6.20 Å². The van der Waals surface area contributed by atoms with Crippen LogP contribution in [-0.2, 0) is 6.54 Å². The average Bonchev–Trinajstić information content (AvgIpc) is 2.38. The fourth-order valence-corrected chi connectivity index (χ4v) is 2.73. The van der Waals surface area contributed by atoms with E-state index in [9.17, 15) is 0 Å². The van der Waals surface area contributed by atoms with Gasteiger partial charge in [-0.15, -0.1) is 5.10 Å². The lowest BCUT2D eigenvalue weighted by Gasteiger charge is -2.35. The molecule has 4 nitrogen and oxygen atoms in total. The summed E-state index contributed by atoms with van der Waals surface area (Å²) in [5, 5.41) is 8.23. The molecule has 0 aliphatic heterocycles. The lowest BCUT2D eigenvalue weighted by atomic mass is 9.86. The van der Waals surface area contributed by atoms with Crippen molar-refractivity contribution >= 4 is 5.82 Å². The molecule has 94 valence electrons. The van der Waals surface area contributed by atoms with Crippen LogP contribution >= 0.6 is 0 Å². The largest absolute Gasteiger partial charge is 0.355 e. The highest BCUT2D eigenvalue weighted by Gasteiger charge is 2.24. The number of hydrogen-bond acceptors (Lipinski definition) is 4. The van der Waals surface area contributed by atoms with Crippen molar-refractivity contribution in [2.45, 2.75) is 45.2 Å². The van der Waals surface area contributed by atoms with Gasteiger partial charge in [-0.25, -0.2) is 0 Å². The molecular formula is C13H22N4. The molecule has 17 heavy (non-hydrogen) atoms. The van der Waals surface area contributed by atoms with Crippen molar-refractivity contribution in [3.63, 3.8) is 0 Å². The van der Waals surface area contributed by atoms with Gasteiger partial charge in [0.05, 0.1) is 6.20 Å². The van der Waals surface area contributed by atoms with Crippen molar-refractivity contribution in [1.29, 1.82) is 0 Å². The van der Waals surface area contributed by atoms with Crippen LogP contribution in [0.25, 0.3) is 0 Å². The van der Waals surface area contributed by atoms with Crippen molar-refractivity contribution < 1.29 is 0 Å². The van der Waals surface area contributed by atoms with Gasteiger partial charge in [-0.3, -0.25) is 0 Å². The van der Waals surface area contributed by atoms with E-state index in [0.29, 0.717) is 12.6 Å². The Bertz CT molecular complexity index is 366. The van der Waals surface area contributed by atoms with Crippen molar-refractivity contribution in [2.24, 2.45) is 11.7 Å². The van der Waals surface area contributed by atoms with Gasteiger partial charge in [0, 0.05) is 25.2 Å². The molecule has 1 aromatic rings. The fourth-order valence-electron chi connectivity index (χ4n) is 2.73. The summed E-state index contributed by atoms with van der Waals surface area (Å²) in [6.45, 7) is 2.86. The van der Waals surface area contributed by atoms with E-state index in [-0.39, 0.29) is 0 Å². The Morgan fingerprint density at radius 1 is 1.47 bits per heavy atom. The number of nitrogens with zero attached hydrogens (tertiary/aromatic N) is 3. The van der Waals surface area contributed by atoms with E-state index in [0.717, 1.165) is 17.3 Å². The maximum atomic E-state index is 5.75. The lowest BCUT2D eigenvalue weighted by Crippen LogP contribution is -2.37. The summed E-state index contributed by atoms with van der Waals surface area (Å²) in [5.41, 5.74) is 6.83. The highest BCUT2D eigenvalue weighted by molar-refractivity contribution is 5.45. The summed E-state index contributed by atoms with van der Waals surface area (Å²) in [7, 11) is 2.12. The minimum atomic E-state index is 0.525. The summed E-state index contributed by atoms with van der Waals surface area (Å²) in [6, 6.07) is 2.55. The van der Waals surface area contributed by atoms with Crippen LogP contribution in [0.4, 0.5) is 5.82 Å². The smallest absolute Gasteiger partial charge is 0.155 e. The summed E-state index contributed by atoms with van der Waals surface area (Å²) < 4.78 is 0. The van der Waals surface area contributed by atoms with Crippen molar-refractivity contribution in [3.8, 4) is 0 Å². The van der Waals surface area contributed by atoms with Gasteiger partial charge in [-0.1, -0.05) is 19.8 Å². The van der Waals surface area contributed by atoms with E-state index >= 15 is 0 Å². The highest BCUT2D eigenvalue weighted by atomic mass is 15.3. The molecule has 4 heteroatoms. The van der Waals surface area contributed by atoms with Gasteiger partial charge < -0.3 is 10.6 Å². The van der Waals surface area contributed by atoms with E-state index < -0.39 is 0 Å². The first-order valence-corrected chi connectivity index (χ1v) is 6.45. The minimum Gasteiger partial charge on any atom is -0.355 e. The zero-order chi connectivity index (χ0) is 12.3. The Morgan fingerprint density at radius 2 is 2.29 bits per heavy atom. The van der Waals surface area contributed by atoms with Gasteiger partial charge in [0.2, 0.25) is 0 Å². The molecule has 0 radical (unpaired) electrons. The average molecular weight is 234 g/mol. The molecule has 0 amide bonds. The Balaban J connectivity index is 2.15. The normalized spacial score (nSPS) is 24.6. The summed E-state index contributed by atoms with van der Waals surface area (Å²) >= 11 is 0. The third kappa shape index (κ3) is 2.75. The quantitative estimate of drug-likeness (QED) is 0.868. The molecule has 1 aromatic heterocycles. The molecule has 0 bridgehead atoms. The fraction of sp³-hybridized carbons (Fsp3) is 0.692. The van der Waals surface area contributed by atoms with Gasteiger partial charge in [0.15, 0.2) is 5.82 Å². The van der Waals surface area contributed by atoms with Crippen molar-refractivity contribution in [3.05, 3.63) is 17.8 Å². The van der Waals surface area contributed by atoms with Crippen molar-refractivity contribution in [2.75, 3.05) is 11.9 Å². The number of aromatic nitrogens is 2. The molecule has 0 aromatic carbocycles. The number of rotatable bonds is 3. The Kier molecular flexibility index (Phi) is 3.94. The molecule has 0 spiro atoms. The summed E-state index contributed by atoms with van der Waals surface area (Å²) in [5.74, 6) is 1.77. The Labute approximate surface area is 103 Å². The van der Waals surface area contributed by atoms with Crippen LogP contribution in [0, 0.1) is 5.92 Å². The minimum absolute atomic E-state index is 0.525. The van der Waals surface area contributed by atoms with Crippen molar-refractivity contribution in [1.82, 2.24) is 10.2 Å². The monoisotopic (exact) mass is 234 g/mol. The summed E-state index contributed by atoms with van der Waals surface area (Å²) in [4.78, 5) is 2.27. The summed E-state index contributed by atoms with van der Waals surface area (Å²) in [6.07, 6.45) is 6.88. The third-order valence-electron chi connectivity index (χ3n) is 3.79. The molecule has 1 aliphatic carbocycles. The van der Waals surface area contributed by atoms with E-state index in [4.69, 9.17) is 5.73 Å². The van der Waals surface area contributed by atoms with Crippen LogP contribution in [0.3, 0.4) is 0 Å². The molecule has 2 atom stereocenters. The second-order valence-electron chi connectivity index (χ2n) is 5.12. The Hall–Kier alpha value is -1.16. The van der Waals surface area contributed by atoms with Crippen LogP contribution in [0.1, 0.15) is 38.2 Å². The third-order valence-corrected chi connectivity index (χ3v) is 3.79. The molecular weight excluding hydrogens is 212 g/mol. The van der Waals surface area contributed by atoms with Crippen LogP contribution in [0.2, 0.25) is 0 Å². The molecule has 0 saturated heterocycles. The van der Waals surface area contributed by atoms with Crippen LogP contribution in [0.15, 0.2) is 12.3 Å². The maximum Gasteiger partial charge on any atom is 0.155 e.